The van der Waals surface area contributed by atoms with Gasteiger partial charge in [-0.25, -0.2) is 0 Å². The van der Waals surface area contributed by atoms with Gasteiger partial charge < -0.3 is 154 Å². The Bertz CT molecular complexity index is 2800. The molecule has 19 N–H and O–H groups in total. The van der Waals surface area contributed by atoms with Gasteiger partial charge in [0, 0.05) is 5.41 Å². The van der Waals surface area contributed by atoms with Crippen molar-refractivity contribution in [2.45, 2.75) is 284 Å². The largest absolute Gasteiger partial charge is 0.481 e. The number of allylic oxidation sites excluding steroid dienone is 1. The van der Waals surface area contributed by atoms with Crippen LogP contribution in [0.25, 0.3) is 0 Å². The minimum atomic E-state index is -2.24. The van der Waals surface area contributed by atoms with Crippen molar-refractivity contribution in [3.63, 3.8) is 0 Å². The van der Waals surface area contributed by atoms with Crippen molar-refractivity contribution in [2.24, 2.45) is 50.2 Å². The van der Waals surface area contributed by atoms with Gasteiger partial charge in [0.2, 0.25) is 6.29 Å². The molecule has 0 aromatic heterocycles. The van der Waals surface area contributed by atoms with Gasteiger partial charge in [0.1, 0.15) is 115 Å². The maximum absolute atomic E-state index is 15.6. The molecule has 37 atom stereocenters. The predicted octanol–water partition coefficient (Wildman–Crippen LogP) is -6.04. The van der Waals surface area contributed by atoms with E-state index in [2.05, 4.69) is 26.8 Å². The fourth-order valence-electron chi connectivity index (χ4n) is 19.0. The Morgan fingerprint density at radius 2 is 1.14 bits per heavy atom. The van der Waals surface area contributed by atoms with Crippen LogP contribution in [0, 0.1) is 50.2 Å². The van der Waals surface area contributed by atoms with Crippen molar-refractivity contribution in [3.8, 4) is 0 Å². The lowest BCUT2D eigenvalue weighted by molar-refractivity contribution is -0.375. The van der Waals surface area contributed by atoms with Gasteiger partial charge in [0.05, 0.1) is 68.8 Å². The highest BCUT2D eigenvalue weighted by Gasteiger charge is 2.74. The Morgan fingerprint density at radius 3 is 1.78 bits per heavy atom. The van der Waals surface area contributed by atoms with E-state index >= 15 is 4.79 Å². The average molecular weight is 1400 g/mol. The maximum atomic E-state index is 15.6. The Hall–Kier alpha value is -2.48. The lowest BCUT2D eigenvalue weighted by Gasteiger charge is -2.71. The maximum Gasteiger partial charge on any atom is 0.315 e. The van der Waals surface area contributed by atoms with E-state index in [1.807, 2.05) is 6.92 Å². The van der Waals surface area contributed by atoms with E-state index in [9.17, 15) is 102 Å². The summed E-state index contributed by atoms with van der Waals surface area (Å²) in [6, 6.07) is 0. The van der Waals surface area contributed by atoms with Crippen LogP contribution < -0.4 is 0 Å². The summed E-state index contributed by atoms with van der Waals surface area (Å²) in [5, 5.41) is 209. The molecule has 0 aromatic rings. The van der Waals surface area contributed by atoms with Gasteiger partial charge in [0.25, 0.3) is 0 Å². The number of hydrogen-bond donors (Lipinski definition) is 19. The second-order valence-corrected chi connectivity index (χ2v) is 31.0. The zero-order valence-electron chi connectivity index (χ0n) is 55.3. The third-order valence-electron chi connectivity index (χ3n) is 24.9. The fourth-order valence-corrected chi connectivity index (χ4v) is 19.0. The van der Waals surface area contributed by atoms with Crippen molar-refractivity contribution in [1.29, 1.82) is 0 Å². The van der Waals surface area contributed by atoms with Crippen molar-refractivity contribution < 1.29 is 163 Å². The van der Waals surface area contributed by atoms with Crippen molar-refractivity contribution >= 4 is 11.9 Å². The smallest absolute Gasteiger partial charge is 0.315 e. The number of carboxylic acids is 1. The summed E-state index contributed by atoms with van der Waals surface area (Å²) in [7, 11) is 0. The number of hydrogen-bond acceptors (Lipinski definition) is 32. The minimum Gasteiger partial charge on any atom is -0.481 e. The van der Waals surface area contributed by atoms with Crippen LogP contribution in [0.15, 0.2) is 11.6 Å². The number of esters is 1. The molecule has 0 unspecified atom stereocenters. The Kier molecular flexibility index (Phi) is 21.7. The van der Waals surface area contributed by atoms with Gasteiger partial charge in [-0.05, 0) is 113 Å². The van der Waals surface area contributed by atoms with Crippen molar-refractivity contribution in [1.82, 2.24) is 0 Å². The number of aliphatic hydroxyl groups excluding tert-OH is 17. The van der Waals surface area contributed by atoms with E-state index in [1.165, 1.54) is 20.8 Å². The van der Waals surface area contributed by atoms with Crippen LogP contribution in [0.4, 0.5) is 0 Å². The number of carbonyl (C=O) groups excluding carboxylic acids is 1. The number of aliphatic hydroxyl groups is 18. The Morgan fingerprint density at radius 1 is 0.567 bits per heavy atom. The lowest BCUT2D eigenvalue weighted by Crippen LogP contribution is -2.71. The standard InChI is InChI=1S/C64H102O33/c1-24-34(69)40(75)47(95-52-45(80)41(76)46(25(2)90-52)94-50-42(77)37(72)31(20-86-50)93-55-48(81)64(85,23-88-55)22-87-51-43(78)38(73)35(70)29(18-65)91-51)54(89-24)97-57(84)62-13-12-58(3,4)16-27(62)26-8-9-32-59(5)17-28(68)49(96-53-44(79)39(74)36(71)30(19-66)92-53)61(7,56(82)83)33(59)10-11-60(32,6)63(26,21-67)15-14-62/h8,24-25,27-55,65-81,85H,9-23H2,1-7H3,(H,82,83)/t24-,25+,27+,28+,29-,30-,31-,32-,33-,34+,35+,36-,37+,38+,39+,40+,41+,42-,43-,44-,45-,46+,47-,48+,49+,50+,51-,52+,53+,54+,55+,59-,60-,61+,62+,63+,64-/m1/s1. The number of carbonyl (C=O) groups is 2. The fraction of sp³-hybridized carbons (Fsp3) is 0.938. The molecule has 11 aliphatic rings. The molecule has 5 aliphatic carbocycles. The van der Waals surface area contributed by atoms with Gasteiger partial charge in [-0.3, -0.25) is 9.59 Å². The summed E-state index contributed by atoms with van der Waals surface area (Å²) in [6.45, 7) is 8.72. The molecule has 97 heavy (non-hydrogen) atoms. The van der Waals surface area contributed by atoms with Crippen molar-refractivity contribution in [3.05, 3.63) is 11.6 Å². The zero-order valence-corrected chi connectivity index (χ0v) is 55.3. The van der Waals surface area contributed by atoms with Crippen LogP contribution in [0.2, 0.25) is 0 Å². The lowest BCUT2D eigenvalue weighted by atomic mass is 9.33. The molecule has 10 fully saturated rings. The molecule has 556 valence electrons. The molecule has 0 bridgehead atoms. The number of ether oxygens (including phenoxy) is 12. The summed E-state index contributed by atoms with van der Waals surface area (Å²) in [5.41, 5.74) is -7.53. The minimum absolute atomic E-state index is 0.0194. The SMILES string of the molecule is C[C@@H]1O[C@@H](O[C@H]2[C@H](OC(=O)[C@]34CCC(C)(C)C[C@H]3C3=CC[C@@H]5[C@@]6(C)C[C@H](O)[C@H](O[C@@H]7O[C@H](CO)[C@@H](O)[C@H](O)[C@H]7O)[C@@](C)(C(=O)O)[C@@H]6CC[C@@]5(C)[C@]3(CO)CC4)O[C@H](C)[C@H](O)[C@@H]2O)[C@H](O)[C@H](O)[C@H]1O[C@@H]1OC[C@@H](O[C@@H]2OC[C@](O)(CO[C@@H]3O[C@H](CO)[C@H](O)[C@H](O)[C@H]3O)[C@H]2O)[C@H](O)[C@H]1O. The summed E-state index contributed by atoms with van der Waals surface area (Å²) in [5.74, 6) is -3.60. The first-order chi connectivity index (χ1) is 45.4. The highest BCUT2D eigenvalue weighted by molar-refractivity contribution is 5.79. The summed E-state index contributed by atoms with van der Waals surface area (Å²) < 4.78 is 70.0. The third kappa shape index (κ3) is 12.6. The van der Waals surface area contributed by atoms with E-state index in [1.54, 1.807) is 0 Å². The van der Waals surface area contributed by atoms with Gasteiger partial charge in [-0.15, -0.1) is 0 Å². The second kappa shape index (κ2) is 27.9. The monoisotopic (exact) mass is 1400 g/mol. The molecule has 6 aliphatic heterocycles. The summed E-state index contributed by atoms with van der Waals surface area (Å²) in [6.07, 6.45) is -42.1. The van der Waals surface area contributed by atoms with Crippen LogP contribution >= 0.6 is 0 Å². The molecule has 0 spiro atoms. The van der Waals surface area contributed by atoms with Crippen LogP contribution in [0.5, 0.6) is 0 Å². The summed E-state index contributed by atoms with van der Waals surface area (Å²) in [4.78, 5) is 29.4. The van der Waals surface area contributed by atoms with E-state index < -0.39 is 262 Å². The molecule has 33 heteroatoms. The topological polar surface area (TPSA) is 529 Å². The van der Waals surface area contributed by atoms with E-state index in [0.717, 1.165) is 5.57 Å². The first kappa shape index (κ1) is 75.7. The molecule has 0 aromatic carbocycles. The van der Waals surface area contributed by atoms with E-state index in [-0.39, 0.29) is 43.6 Å². The number of carboxylic acid groups (broad SMARTS) is 1. The molecule has 0 amide bonds. The van der Waals surface area contributed by atoms with Crippen molar-refractivity contribution in [2.75, 3.05) is 39.6 Å². The molecule has 0 radical (unpaired) electrons. The molecule has 6 saturated heterocycles. The summed E-state index contributed by atoms with van der Waals surface area (Å²) >= 11 is 0. The normalized spacial score (nSPS) is 54.5. The van der Waals surface area contributed by atoms with E-state index in [4.69, 9.17) is 56.8 Å². The van der Waals surface area contributed by atoms with E-state index in [0.29, 0.717) is 32.1 Å². The third-order valence-corrected chi connectivity index (χ3v) is 24.9. The van der Waals surface area contributed by atoms with Crippen LogP contribution in [-0.2, 0) is 66.4 Å². The zero-order chi connectivity index (χ0) is 70.9. The number of aliphatic carboxylic acids is 1. The van der Waals surface area contributed by atoms with Gasteiger partial charge in [-0.2, -0.15) is 0 Å². The van der Waals surface area contributed by atoms with Crippen LogP contribution in [-0.4, -0.2) is 326 Å². The molecule has 6 heterocycles. The Balaban J connectivity index is 0.756. The average Bonchev–Trinajstić information content (AvgIpc) is 1.65. The highest BCUT2D eigenvalue weighted by Crippen LogP contribution is 2.76. The second-order valence-electron chi connectivity index (χ2n) is 31.0. The predicted molar refractivity (Wildman–Crippen MR) is 318 cm³/mol. The van der Waals surface area contributed by atoms with Crippen LogP contribution in [0.3, 0.4) is 0 Å². The van der Waals surface area contributed by atoms with Crippen LogP contribution in [0.1, 0.15) is 106 Å². The molecule has 11 rings (SSSR count). The molecule has 33 nitrogen and oxygen atoms in total. The van der Waals surface area contributed by atoms with Gasteiger partial charge >= 0.3 is 11.9 Å². The molecule has 4 saturated carbocycles. The number of fused-ring (bicyclic) bond motifs is 7. The first-order valence-corrected chi connectivity index (χ1v) is 33.8. The molecular weight excluding hydrogens is 1300 g/mol. The van der Waals surface area contributed by atoms with Gasteiger partial charge in [0.15, 0.2) is 37.6 Å². The quantitative estimate of drug-likeness (QED) is 0.0366. The Labute approximate surface area is 559 Å². The van der Waals surface area contributed by atoms with Gasteiger partial charge in [-0.1, -0.05) is 39.3 Å². The number of rotatable bonds is 17. The first-order valence-electron chi connectivity index (χ1n) is 33.8. The highest BCUT2D eigenvalue weighted by atomic mass is 16.8. The molecular formula is C64H102O33.